The first-order valence-corrected chi connectivity index (χ1v) is 8.32. The average molecular weight is 394 g/mol. The van der Waals surface area contributed by atoms with Gasteiger partial charge < -0.3 is 9.64 Å². The highest BCUT2D eigenvalue weighted by atomic mass is 35.5. The molecule has 0 unspecified atom stereocenters. The summed E-state index contributed by atoms with van der Waals surface area (Å²) in [6.45, 7) is -0.0404. The number of anilines is 2. The highest BCUT2D eigenvalue weighted by molar-refractivity contribution is 6.30. The van der Waals surface area contributed by atoms with Gasteiger partial charge in [0.1, 0.15) is 12.2 Å². The van der Waals surface area contributed by atoms with Crippen LogP contribution < -0.4 is 9.64 Å². The van der Waals surface area contributed by atoms with Gasteiger partial charge in [0.25, 0.3) is 0 Å². The maximum absolute atomic E-state index is 13.3. The molecule has 0 bridgehead atoms. The predicted octanol–water partition coefficient (Wildman–Crippen LogP) is 5.50. The van der Waals surface area contributed by atoms with E-state index in [9.17, 15) is 13.2 Å². The topological polar surface area (TPSA) is 38.2 Å². The third-order valence-corrected chi connectivity index (χ3v) is 4.00. The Balaban J connectivity index is 1.92. The zero-order valence-electron chi connectivity index (χ0n) is 14.2. The fourth-order valence-corrected chi connectivity index (χ4v) is 2.53. The molecule has 1 aromatic heterocycles. The van der Waals surface area contributed by atoms with Crippen molar-refractivity contribution in [3.63, 3.8) is 0 Å². The Hall–Kier alpha value is -2.80. The molecule has 1 heterocycles. The van der Waals surface area contributed by atoms with Gasteiger partial charge in [0.2, 0.25) is 11.8 Å². The Morgan fingerprint density at radius 3 is 2.48 bits per heavy atom. The Kier molecular flexibility index (Phi) is 5.51. The molecule has 0 saturated carbocycles. The Morgan fingerprint density at radius 2 is 1.81 bits per heavy atom. The molecule has 2 aromatic carbocycles. The third-order valence-electron chi connectivity index (χ3n) is 3.76. The van der Waals surface area contributed by atoms with Gasteiger partial charge in [0.15, 0.2) is 0 Å². The van der Waals surface area contributed by atoms with E-state index in [1.165, 1.54) is 4.90 Å². The van der Waals surface area contributed by atoms with Gasteiger partial charge in [0, 0.05) is 24.0 Å². The highest BCUT2D eigenvalue weighted by Crippen LogP contribution is 2.36. The van der Waals surface area contributed by atoms with Crippen LogP contribution in [0.15, 0.2) is 60.8 Å². The number of alkyl halides is 3. The molecule has 27 heavy (non-hydrogen) atoms. The third kappa shape index (κ3) is 4.68. The van der Waals surface area contributed by atoms with Crippen LogP contribution >= 0.6 is 11.6 Å². The molecule has 0 spiro atoms. The summed E-state index contributed by atoms with van der Waals surface area (Å²) in [6, 6.07) is 15.7. The minimum atomic E-state index is -4.63. The molecule has 0 saturated heterocycles. The standard InChI is InChI=1S/C19H15ClF3N3O/c1-26(15-9-5-8-14(20)10-15)18-24-11-16(19(21,22)23)17(25-18)27-12-13-6-3-2-4-7-13/h2-11H,12H2,1H3. The number of halogens is 4. The van der Waals surface area contributed by atoms with E-state index in [1.54, 1.807) is 55.6 Å². The molecular formula is C19H15ClF3N3O. The molecule has 3 rings (SSSR count). The minimum absolute atomic E-state index is 0.0404. The van der Waals surface area contributed by atoms with Gasteiger partial charge in [-0.1, -0.05) is 48.0 Å². The Labute approximate surface area is 159 Å². The number of ether oxygens (including phenoxy) is 1. The zero-order chi connectivity index (χ0) is 19.4. The summed E-state index contributed by atoms with van der Waals surface area (Å²) in [5.41, 5.74) is 0.340. The summed E-state index contributed by atoms with van der Waals surface area (Å²) in [5, 5.41) is 0.492. The van der Waals surface area contributed by atoms with E-state index in [0.29, 0.717) is 10.7 Å². The SMILES string of the molecule is CN(c1cccc(Cl)c1)c1ncc(C(F)(F)F)c(OCc2ccccc2)n1. The summed E-state index contributed by atoms with van der Waals surface area (Å²) in [4.78, 5) is 9.36. The van der Waals surface area contributed by atoms with Crippen LogP contribution in [0.3, 0.4) is 0 Å². The van der Waals surface area contributed by atoms with Gasteiger partial charge in [0.05, 0.1) is 0 Å². The summed E-state index contributed by atoms with van der Waals surface area (Å²) in [7, 11) is 1.63. The monoisotopic (exact) mass is 393 g/mol. The summed E-state index contributed by atoms with van der Waals surface area (Å²) in [5.74, 6) is -0.460. The predicted molar refractivity (Wildman–Crippen MR) is 97.3 cm³/mol. The van der Waals surface area contributed by atoms with Crippen molar-refractivity contribution in [2.45, 2.75) is 12.8 Å². The summed E-state index contributed by atoms with van der Waals surface area (Å²) < 4.78 is 45.3. The molecule has 3 aromatic rings. The smallest absolute Gasteiger partial charge is 0.423 e. The van der Waals surface area contributed by atoms with Crippen molar-refractivity contribution in [2.24, 2.45) is 0 Å². The van der Waals surface area contributed by atoms with Crippen LogP contribution in [0.5, 0.6) is 5.88 Å². The van der Waals surface area contributed by atoms with Crippen molar-refractivity contribution in [3.8, 4) is 5.88 Å². The largest absolute Gasteiger partial charge is 0.472 e. The average Bonchev–Trinajstić information content (AvgIpc) is 2.65. The van der Waals surface area contributed by atoms with E-state index in [4.69, 9.17) is 16.3 Å². The first-order valence-electron chi connectivity index (χ1n) is 7.95. The van der Waals surface area contributed by atoms with Crippen molar-refractivity contribution in [1.29, 1.82) is 0 Å². The van der Waals surface area contributed by atoms with E-state index >= 15 is 0 Å². The number of nitrogens with zero attached hydrogens (tertiary/aromatic N) is 3. The maximum atomic E-state index is 13.3. The van der Waals surface area contributed by atoms with Gasteiger partial charge in [-0.3, -0.25) is 0 Å². The number of benzene rings is 2. The molecule has 0 aliphatic heterocycles. The maximum Gasteiger partial charge on any atom is 0.423 e. The van der Waals surface area contributed by atoms with Crippen molar-refractivity contribution >= 4 is 23.2 Å². The Morgan fingerprint density at radius 1 is 1.07 bits per heavy atom. The normalized spacial score (nSPS) is 11.3. The first kappa shape index (κ1) is 19.0. The quantitative estimate of drug-likeness (QED) is 0.574. The summed E-state index contributed by atoms with van der Waals surface area (Å²) in [6.07, 6.45) is -3.90. The Bertz CT molecular complexity index is 920. The van der Waals surface area contributed by atoms with E-state index in [1.807, 2.05) is 6.07 Å². The molecular weight excluding hydrogens is 379 g/mol. The lowest BCUT2D eigenvalue weighted by atomic mass is 10.2. The van der Waals surface area contributed by atoms with Gasteiger partial charge in [-0.15, -0.1) is 0 Å². The van der Waals surface area contributed by atoms with Gasteiger partial charge in [-0.05, 0) is 23.8 Å². The second-order valence-electron chi connectivity index (χ2n) is 5.70. The lowest BCUT2D eigenvalue weighted by molar-refractivity contribution is -0.139. The molecule has 140 valence electrons. The molecule has 0 radical (unpaired) electrons. The number of rotatable bonds is 5. The first-order chi connectivity index (χ1) is 12.8. The fourth-order valence-electron chi connectivity index (χ4n) is 2.35. The molecule has 0 fully saturated rings. The molecule has 0 aliphatic rings. The molecule has 0 amide bonds. The molecule has 0 N–H and O–H groups in total. The lowest BCUT2D eigenvalue weighted by Crippen LogP contribution is -2.17. The van der Waals surface area contributed by atoms with Crippen molar-refractivity contribution in [3.05, 3.63) is 76.9 Å². The van der Waals surface area contributed by atoms with E-state index < -0.39 is 17.6 Å². The number of hydrogen-bond donors (Lipinski definition) is 0. The fraction of sp³-hybridized carbons (Fsp3) is 0.158. The summed E-state index contributed by atoms with van der Waals surface area (Å²) >= 11 is 5.97. The second-order valence-corrected chi connectivity index (χ2v) is 6.14. The van der Waals surface area contributed by atoms with Crippen LogP contribution in [0, 0.1) is 0 Å². The molecule has 0 atom stereocenters. The molecule has 4 nitrogen and oxygen atoms in total. The van der Waals surface area contributed by atoms with Crippen molar-refractivity contribution in [2.75, 3.05) is 11.9 Å². The van der Waals surface area contributed by atoms with Gasteiger partial charge >= 0.3 is 6.18 Å². The van der Waals surface area contributed by atoms with Crippen molar-refractivity contribution < 1.29 is 17.9 Å². The van der Waals surface area contributed by atoms with Crippen LogP contribution in [0.25, 0.3) is 0 Å². The van der Waals surface area contributed by atoms with Crippen LogP contribution in [0.2, 0.25) is 5.02 Å². The van der Waals surface area contributed by atoms with Crippen LogP contribution in [-0.4, -0.2) is 17.0 Å². The van der Waals surface area contributed by atoms with Gasteiger partial charge in [-0.25, -0.2) is 4.98 Å². The second kappa shape index (κ2) is 7.84. The van der Waals surface area contributed by atoms with Crippen LogP contribution in [-0.2, 0) is 12.8 Å². The molecule has 0 aliphatic carbocycles. The van der Waals surface area contributed by atoms with Crippen LogP contribution in [0.4, 0.5) is 24.8 Å². The number of hydrogen-bond acceptors (Lipinski definition) is 4. The lowest BCUT2D eigenvalue weighted by Gasteiger charge is -2.20. The highest BCUT2D eigenvalue weighted by Gasteiger charge is 2.36. The number of aromatic nitrogens is 2. The van der Waals surface area contributed by atoms with E-state index in [-0.39, 0.29) is 12.6 Å². The van der Waals surface area contributed by atoms with E-state index in [2.05, 4.69) is 9.97 Å². The van der Waals surface area contributed by atoms with Gasteiger partial charge in [-0.2, -0.15) is 18.2 Å². The van der Waals surface area contributed by atoms with Crippen molar-refractivity contribution in [1.82, 2.24) is 9.97 Å². The van der Waals surface area contributed by atoms with E-state index in [0.717, 1.165) is 11.8 Å². The minimum Gasteiger partial charge on any atom is -0.472 e. The molecule has 8 heteroatoms. The zero-order valence-corrected chi connectivity index (χ0v) is 15.0. The van der Waals surface area contributed by atoms with Crippen LogP contribution in [0.1, 0.15) is 11.1 Å².